The van der Waals surface area contributed by atoms with E-state index in [-0.39, 0.29) is 5.91 Å². The summed E-state index contributed by atoms with van der Waals surface area (Å²) in [4.78, 5) is 17.6. The third-order valence-corrected chi connectivity index (χ3v) is 4.98. The highest BCUT2D eigenvalue weighted by Crippen LogP contribution is 2.35. The lowest BCUT2D eigenvalue weighted by atomic mass is 9.95. The molecule has 0 spiro atoms. The lowest BCUT2D eigenvalue weighted by Crippen LogP contribution is -2.31. The lowest BCUT2D eigenvalue weighted by molar-refractivity contribution is -0.113. The van der Waals surface area contributed by atoms with Gasteiger partial charge in [-0.2, -0.15) is 10.1 Å². The molecular formula is C23H25N5O2. The van der Waals surface area contributed by atoms with Crippen LogP contribution in [0.2, 0.25) is 0 Å². The summed E-state index contributed by atoms with van der Waals surface area (Å²) < 4.78 is 7.44. The molecule has 1 aliphatic rings. The van der Waals surface area contributed by atoms with Crippen molar-refractivity contribution >= 4 is 17.5 Å². The van der Waals surface area contributed by atoms with E-state index in [9.17, 15) is 4.79 Å². The van der Waals surface area contributed by atoms with Gasteiger partial charge in [0.25, 0.3) is 5.91 Å². The second-order valence-corrected chi connectivity index (χ2v) is 7.34. The first kappa shape index (κ1) is 19.7. The van der Waals surface area contributed by atoms with Crippen LogP contribution < -0.4 is 15.4 Å². The number of rotatable bonds is 6. The van der Waals surface area contributed by atoms with Gasteiger partial charge in [0, 0.05) is 11.4 Å². The van der Waals surface area contributed by atoms with E-state index in [1.807, 2.05) is 62.4 Å². The highest BCUT2D eigenvalue weighted by Gasteiger charge is 2.33. The van der Waals surface area contributed by atoms with Crippen molar-refractivity contribution in [2.45, 2.75) is 33.2 Å². The molecule has 2 aromatic carbocycles. The number of ether oxygens (including phenoxy) is 1. The number of allylic oxidation sites excluding steroid dienone is 1. The maximum absolute atomic E-state index is 13.3. The first-order chi connectivity index (χ1) is 14.6. The summed E-state index contributed by atoms with van der Waals surface area (Å²) in [5.74, 6) is 1.23. The fourth-order valence-corrected chi connectivity index (χ4v) is 3.58. The van der Waals surface area contributed by atoms with Crippen molar-refractivity contribution in [2.24, 2.45) is 0 Å². The predicted molar refractivity (Wildman–Crippen MR) is 117 cm³/mol. The van der Waals surface area contributed by atoms with Crippen LogP contribution >= 0.6 is 0 Å². The van der Waals surface area contributed by atoms with E-state index >= 15 is 0 Å². The SMILES string of the molecule is CCCOc1ccc(C2C(C(=O)Nc3cccc(C)c3)=C(C)Nc3ncnn32)cc1. The van der Waals surface area contributed by atoms with Crippen molar-refractivity contribution in [2.75, 3.05) is 17.2 Å². The summed E-state index contributed by atoms with van der Waals surface area (Å²) in [7, 11) is 0. The molecule has 1 atom stereocenters. The van der Waals surface area contributed by atoms with Gasteiger partial charge in [-0.05, 0) is 55.7 Å². The Bertz CT molecular complexity index is 1080. The topological polar surface area (TPSA) is 81.1 Å². The summed E-state index contributed by atoms with van der Waals surface area (Å²) in [6.45, 7) is 6.62. The largest absolute Gasteiger partial charge is 0.494 e. The first-order valence-corrected chi connectivity index (χ1v) is 10.0. The van der Waals surface area contributed by atoms with Crippen LogP contribution in [0.4, 0.5) is 11.6 Å². The smallest absolute Gasteiger partial charge is 0.255 e. The number of carbonyl (C=O) groups excluding carboxylic acids is 1. The van der Waals surface area contributed by atoms with E-state index < -0.39 is 6.04 Å². The molecule has 0 radical (unpaired) electrons. The third-order valence-electron chi connectivity index (χ3n) is 4.98. The fraction of sp³-hybridized carbons (Fsp3) is 0.261. The lowest BCUT2D eigenvalue weighted by Gasteiger charge is -2.28. The van der Waals surface area contributed by atoms with E-state index in [1.54, 1.807) is 4.68 Å². The molecule has 1 amide bonds. The highest BCUT2D eigenvalue weighted by atomic mass is 16.5. The number of hydrogen-bond donors (Lipinski definition) is 2. The number of aryl methyl sites for hydroxylation is 1. The minimum Gasteiger partial charge on any atom is -0.494 e. The summed E-state index contributed by atoms with van der Waals surface area (Å²) in [6, 6.07) is 15.1. The molecule has 7 heteroatoms. The molecule has 4 rings (SSSR count). The summed E-state index contributed by atoms with van der Waals surface area (Å²) in [5.41, 5.74) is 4.11. The summed E-state index contributed by atoms with van der Waals surface area (Å²) in [6.07, 6.45) is 2.44. The molecule has 2 N–H and O–H groups in total. The molecule has 2 heterocycles. The van der Waals surface area contributed by atoms with Crippen LogP contribution in [0.25, 0.3) is 0 Å². The maximum Gasteiger partial charge on any atom is 0.255 e. The molecule has 3 aromatic rings. The van der Waals surface area contributed by atoms with E-state index in [0.717, 1.165) is 34.7 Å². The molecule has 0 aliphatic carbocycles. The minimum absolute atomic E-state index is 0.178. The van der Waals surface area contributed by atoms with E-state index in [2.05, 4.69) is 27.6 Å². The zero-order chi connectivity index (χ0) is 21.1. The Morgan fingerprint density at radius 3 is 2.73 bits per heavy atom. The molecule has 0 saturated heterocycles. The average molecular weight is 403 g/mol. The zero-order valence-corrected chi connectivity index (χ0v) is 17.3. The maximum atomic E-state index is 13.3. The molecule has 1 aromatic heterocycles. The van der Waals surface area contributed by atoms with Gasteiger partial charge in [-0.3, -0.25) is 4.79 Å². The Hall–Kier alpha value is -3.61. The second-order valence-electron chi connectivity index (χ2n) is 7.34. The Balaban J connectivity index is 1.69. The van der Waals surface area contributed by atoms with Crippen molar-refractivity contribution in [3.63, 3.8) is 0 Å². The van der Waals surface area contributed by atoms with Gasteiger partial charge in [0.1, 0.15) is 18.1 Å². The number of hydrogen-bond acceptors (Lipinski definition) is 5. The molecule has 154 valence electrons. The van der Waals surface area contributed by atoms with Crippen molar-refractivity contribution in [3.8, 4) is 5.75 Å². The van der Waals surface area contributed by atoms with E-state index in [4.69, 9.17) is 4.74 Å². The number of carbonyl (C=O) groups is 1. The van der Waals surface area contributed by atoms with Crippen LogP contribution in [0.1, 0.15) is 37.4 Å². The average Bonchev–Trinajstić information content (AvgIpc) is 3.19. The number of nitrogens with one attached hydrogen (secondary N) is 2. The van der Waals surface area contributed by atoms with Gasteiger partial charge >= 0.3 is 0 Å². The van der Waals surface area contributed by atoms with Gasteiger partial charge in [0.15, 0.2) is 0 Å². The van der Waals surface area contributed by atoms with Gasteiger partial charge in [0.05, 0.1) is 12.2 Å². The van der Waals surface area contributed by atoms with Crippen LogP contribution in [-0.2, 0) is 4.79 Å². The molecule has 30 heavy (non-hydrogen) atoms. The number of benzene rings is 2. The summed E-state index contributed by atoms with van der Waals surface area (Å²) in [5, 5.41) is 10.6. The standard InChI is InChI=1S/C23H25N5O2/c1-4-12-30-19-10-8-17(9-11-19)21-20(16(3)26-23-24-14-25-28(21)23)22(29)27-18-7-5-6-15(2)13-18/h5-11,13-14,21H,4,12H2,1-3H3,(H,27,29)(H,24,25,26). The monoisotopic (exact) mass is 403 g/mol. The Kier molecular flexibility index (Phi) is 5.52. The normalized spacial score (nSPS) is 15.4. The molecule has 7 nitrogen and oxygen atoms in total. The molecule has 1 unspecified atom stereocenters. The first-order valence-electron chi connectivity index (χ1n) is 10.0. The predicted octanol–water partition coefficient (Wildman–Crippen LogP) is 4.30. The molecular weight excluding hydrogens is 378 g/mol. The van der Waals surface area contributed by atoms with Crippen molar-refractivity contribution in [3.05, 3.63) is 77.3 Å². The van der Waals surface area contributed by atoms with E-state index in [1.165, 1.54) is 6.33 Å². The molecule has 1 aliphatic heterocycles. The summed E-state index contributed by atoms with van der Waals surface area (Å²) >= 11 is 0. The van der Waals surface area contributed by atoms with Crippen molar-refractivity contribution in [1.29, 1.82) is 0 Å². The number of amides is 1. The Morgan fingerprint density at radius 1 is 1.20 bits per heavy atom. The van der Waals surface area contributed by atoms with Crippen LogP contribution in [0.15, 0.2) is 66.1 Å². The molecule has 0 saturated carbocycles. The van der Waals surface area contributed by atoms with Crippen LogP contribution in [0.3, 0.4) is 0 Å². The van der Waals surface area contributed by atoms with Crippen LogP contribution in [-0.4, -0.2) is 27.3 Å². The van der Waals surface area contributed by atoms with Gasteiger partial charge in [0.2, 0.25) is 5.95 Å². The second kappa shape index (κ2) is 8.41. The number of aromatic nitrogens is 3. The molecule has 0 fully saturated rings. The number of anilines is 2. The number of fused-ring (bicyclic) bond motifs is 1. The van der Waals surface area contributed by atoms with Crippen LogP contribution in [0.5, 0.6) is 5.75 Å². The number of nitrogens with zero attached hydrogens (tertiary/aromatic N) is 3. The minimum atomic E-state index is -0.395. The van der Waals surface area contributed by atoms with Gasteiger partial charge < -0.3 is 15.4 Å². The highest BCUT2D eigenvalue weighted by molar-refractivity contribution is 6.06. The quantitative estimate of drug-likeness (QED) is 0.641. The van der Waals surface area contributed by atoms with Gasteiger partial charge in [-0.1, -0.05) is 31.2 Å². The Morgan fingerprint density at radius 2 is 2.00 bits per heavy atom. The molecule has 0 bridgehead atoms. The zero-order valence-electron chi connectivity index (χ0n) is 17.3. The van der Waals surface area contributed by atoms with Crippen LogP contribution in [0, 0.1) is 6.92 Å². The van der Waals surface area contributed by atoms with Crippen molar-refractivity contribution < 1.29 is 9.53 Å². The third kappa shape index (κ3) is 3.91. The van der Waals surface area contributed by atoms with E-state index in [0.29, 0.717) is 18.1 Å². The fourth-order valence-electron chi connectivity index (χ4n) is 3.58. The van der Waals surface area contributed by atoms with Crippen molar-refractivity contribution in [1.82, 2.24) is 14.8 Å². The van der Waals surface area contributed by atoms with Gasteiger partial charge in [-0.25, -0.2) is 4.68 Å². The Labute approximate surface area is 175 Å². The van der Waals surface area contributed by atoms with Gasteiger partial charge in [-0.15, -0.1) is 0 Å².